The zero-order valence-corrected chi connectivity index (χ0v) is 16.3. The van der Waals surface area contributed by atoms with Gasteiger partial charge in [-0.2, -0.15) is 0 Å². The second kappa shape index (κ2) is 7.15. The van der Waals surface area contributed by atoms with Gasteiger partial charge in [-0.1, -0.05) is 28.8 Å². The average Bonchev–Trinajstić information content (AvgIpc) is 3.09. The number of aliphatic hydroxyl groups excluding tert-OH is 1. The van der Waals surface area contributed by atoms with Crippen molar-refractivity contribution in [1.29, 1.82) is 0 Å². The van der Waals surface area contributed by atoms with Crippen LogP contribution in [0.4, 0.5) is 0 Å². The van der Waals surface area contributed by atoms with Gasteiger partial charge in [-0.05, 0) is 53.3 Å². The standard InChI is InChI=1S/C20H18Cl2N2O3/c1-27-20-12(3-2-5-23-20)13-8-16(21)19(22)14-7-11-4-6-24(17(26)10-25)9-15(11)18(13)14/h2-3,5,8,25H,4,6-7,9-10H2,1H3. The van der Waals surface area contributed by atoms with Crippen LogP contribution in [0.1, 0.15) is 17.5 Å². The van der Waals surface area contributed by atoms with Gasteiger partial charge in [0.25, 0.3) is 0 Å². The molecule has 1 aromatic carbocycles. The second-order valence-electron chi connectivity index (χ2n) is 6.62. The van der Waals surface area contributed by atoms with E-state index in [-0.39, 0.29) is 5.91 Å². The van der Waals surface area contributed by atoms with Crippen LogP contribution in [0.15, 0.2) is 30.0 Å². The molecule has 1 amide bonds. The number of ether oxygens (including phenoxy) is 1. The molecule has 1 aromatic heterocycles. The van der Waals surface area contributed by atoms with Crippen LogP contribution >= 0.6 is 23.2 Å². The lowest BCUT2D eigenvalue weighted by molar-refractivity contribution is -0.133. The number of amides is 1. The fourth-order valence-electron chi connectivity index (χ4n) is 3.94. The smallest absolute Gasteiger partial charge is 0.248 e. The summed E-state index contributed by atoms with van der Waals surface area (Å²) in [5.74, 6) is 0.238. The molecule has 0 bridgehead atoms. The first-order chi connectivity index (χ1) is 13.0. The summed E-state index contributed by atoms with van der Waals surface area (Å²) in [7, 11) is 1.58. The van der Waals surface area contributed by atoms with Crippen molar-refractivity contribution < 1.29 is 14.6 Å². The van der Waals surface area contributed by atoms with E-state index in [1.807, 2.05) is 18.2 Å². The molecule has 2 aromatic rings. The first kappa shape index (κ1) is 18.3. The normalized spacial score (nSPS) is 15.6. The van der Waals surface area contributed by atoms with Crippen LogP contribution in [0.3, 0.4) is 0 Å². The number of rotatable bonds is 3. The van der Waals surface area contributed by atoms with Gasteiger partial charge >= 0.3 is 0 Å². The number of pyridine rings is 1. The molecular formula is C20H18Cl2N2O3. The summed E-state index contributed by atoms with van der Waals surface area (Å²) in [5, 5.41) is 10.3. The largest absolute Gasteiger partial charge is 0.481 e. The number of fused-ring (bicyclic) bond motifs is 2. The van der Waals surface area contributed by atoms with Crippen molar-refractivity contribution in [3.8, 4) is 17.0 Å². The molecule has 2 heterocycles. The Labute approximate surface area is 167 Å². The summed E-state index contributed by atoms with van der Waals surface area (Å²) in [6, 6.07) is 5.62. The summed E-state index contributed by atoms with van der Waals surface area (Å²) in [4.78, 5) is 18.0. The van der Waals surface area contributed by atoms with Gasteiger partial charge < -0.3 is 14.7 Å². The second-order valence-corrected chi connectivity index (χ2v) is 7.40. The van der Waals surface area contributed by atoms with Gasteiger partial charge in [0.05, 0.1) is 17.2 Å². The molecule has 2 aliphatic rings. The average molecular weight is 405 g/mol. The maximum atomic E-state index is 12.0. The Morgan fingerprint density at radius 1 is 1.37 bits per heavy atom. The molecule has 1 aliphatic carbocycles. The summed E-state index contributed by atoms with van der Waals surface area (Å²) in [6.07, 6.45) is 3.15. The van der Waals surface area contributed by atoms with Crippen LogP contribution in [0, 0.1) is 0 Å². The summed E-state index contributed by atoms with van der Waals surface area (Å²) in [5.41, 5.74) is 6.05. The zero-order chi connectivity index (χ0) is 19.1. The highest BCUT2D eigenvalue weighted by atomic mass is 35.5. The topological polar surface area (TPSA) is 62.7 Å². The highest BCUT2D eigenvalue weighted by Gasteiger charge is 2.33. The fourth-order valence-corrected chi connectivity index (χ4v) is 4.38. The van der Waals surface area contributed by atoms with E-state index in [2.05, 4.69) is 4.98 Å². The lowest BCUT2D eigenvalue weighted by Gasteiger charge is -2.29. The molecule has 7 heteroatoms. The van der Waals surface area contributed by atoms with Crippen molar-refractivity contribution in [3.05, 3.63) is 51.1 Å². The summed E-state index contributed by atoms with van der Waals surface area (Å²) < 4.78 is 5.44. The van der Waals surface area contributed by atoms with Gasteiger partial charge in [-0.3, -0.25) is 4.79 Å². The number of nitrogens with zero attached hydrogens (tertiary/aromatic N) is 2. The van der Waals surface area contributed by atoms with Crippen molar-refractivity contribution in [2.45, 2.75) is 12.8 Å². The number of halogens is 2. The zero-order valence-electron chi connectivity index (χ0n) is 14.8. The summed E-state index contributed by atoms with van der Waals surface area (Å²) in [6.45, 7) is 0.568. The van der Waals surface area contributed by atoms with Gasteiger partial charge in [0, 0.05) is 24.8 Å². The van der Waals surface area contributed by atoms with Gasteiger partial charge in [0.2, 0.25) is 11.8 Å². The van der Waals surface area contributed by atoms with Crippen molar-refractivity contribution >= 4 is 34.7 Å². The minimum Gasteiger partial charge on any atom is -0.481 e. The molecule has 0 fully saturated rings. The van der Waals surface area contributed by atoms with Crippen LogP contribution in [-0.2, 0) is 11.2 Å². The van der Waals surface area contributed by atoms with Crippen molar-refractivity contribution in [1.82, 2.24) is 9.88 Å². The lowest BCUT2D eigenvalue weighted by Crippen LogP contribution is -2.37. The Balaban J connectivity index is 1.90. The number of aromatic nitrogens is 1. The van der Waals surface area contributed by atoms with Crippen LogP contribution in [-0.4, -0.2) is 47.7 Å². The predicted molar refractivity (Wildman–Crippen MR) is 105 cm³/mol. The number of aliphatic hydroxyl groups is 1. The molecule has 0 unspecified atom stereocenters. The number of carbonyl (C=O) groups is 1. The van der Waals surface area contributed by atoms with E-state index < -0.39 is 6.61 Å². The highest BCUT2D eigenvalue weighted by molar-refractivity contribution is 6.43. The van der Waals surface area contributed by atoms with Gasteiger partial charge in [-0.15, -0.1) is 0 Å². The van der Waals surface area contributed by atoms with E-state index in [0.717, 1.165) is 40.7 Å². The van der Waals surface area contributed by atoms with Crippen molar-refractivity contribution in [3.63, 3.8) is 0 Å². The van der Waals surface area contributed by atoms with Crippen LogP contribution in [0.2, 0.25) is 10.0 Å². The van der Waals surface area contributed by atoms with Crippen molar-refractivity contribution in [2.75, 3.05) is 26.8 Å². The maximum Gasteiger partial charge on any atom is 0.248 e. The van der Waals surface area contributed by atoms with Crippen LogP contribution < -0.4 is 4.74 Å². The van der Waals surface area contributed by atoms with E-state index in [4.69, 9.17) is 27.9 Å². The monoisotopic (exact) mass is 404 g/mol. The molecule has 0 atom stereocenters. The lowest BCUT2D eigenvalue weighted by atomic mass is 9.92. The first-order valence-corrected chi connectivity index (χ1v) is 9.40. The summed E-state index contributed by atoms with van der Waals surface area (Å²) >= 11 is 13.0. The van der Waals surface area contributed by atoms with Crippen LogP contribution in [0.5, 0.6) is 5.88 Å². The number of hydrogen-bond acceptors (Lipinski definition) is 4. The maximum absolute atomic E-state index is 12.0. The third kappa shape index (κ3) is 3.00. The minimum atomic E-state index is -0.486. The molecule has 0 saturated heterocycles. The number of methoxy groups -OCH3 is 1. The molecule has 0 radical (unpaired) electrons. The van der Waals surface area contributed by atoms with E-state index in [1.165, 1.54) is 5.57 Å². The van der Waals surface area contributed by atoms with Gasteiger partial charge in [0.1, 0.15) is 6.61 Å². The molecule has 1 N–H and O–H groups in total. The Bertz CT molecular complexity index is 972. The SMILES string of the molecule is COc1ncccc1-c1cc(Cl)c(Cl)c2c1C1=C(CCN(C(=O)CO)C1)C2. The first-order valence-electron chi connectivity index (χ1n) is 8.65. The molecular weight excluding hydrogens is 387 g/mol. The molecule has 1 aliphatic heterocycles. The number of benzene rings is 1. The third-order valence-electron chi connectivity index (χ3n) is 5.21. The van der Waals surface area contributed by atoms with Gasteiger partial charge in [-0.25, -0.2) is 4.98 Å². The molecule has 4 rings (SSSR count). The molecule has 0 saturated carbocycles. The minimum absolute atomic E-state index is 0.268. The fraction of sp³-hybridized carbons (Fsp3) is 0.300. The molecule has 140 valence electrons. The van der Waals surface area contributed by atoms with Crippen molar-refractivity contribution in [2.24, 2.45) is 0 Å². The number of carbonyl (C=O) groups excluding carboxylic acids is 1. The Kier molecular flexibility index (Phi) is 4.84. The van der Waals surface area contributed by atoms with E-state index in [0.29, 0.717) is 29.0 Å². The number of hydrogen-bond donors (Lipinski definition) is 1. The third-order valence-corrected chi connectivity index (χ3v) is 6.04. The molecule has 27 heavy (non-hydrogen) atoms. The Morgan fingerprint density at radius 3 is 2.93 bits per heavy atom. The Hall–Kier alpha value is -2.08. The van der Waals surface area contributed by atoms with Crippen LogP contribution in [0.25, 0.3) is 16.7 Å². The van der Waals surface area contributed by atoms with Gasteiger partial charge in [0.15, 0.2) is 0 Å². The predicted octanol–water partition coefficient (Wildman–Crippen LogP) is 3.60. The quantitative estimate of drug-likeness (QED) is 0.848. The van der Waals surface area contributed by atoms with E-state index in [9.17, 15) is 9.90 Å². The highest BCUT2D eigenvalue weighted by Crippen LogP contribution is 2.48. The molecule has 5 nitrogen and oxygen atoms in total. The molecule has 0 spiro atoms. The van der Waals surface area contributed by atoms with E-state index >= 15 is 0 Å². The Morgan fingerprint density at radius 2 is 2.19 bits per heavy atom. The van der Waals surface area contributed by atoms with E-state index in [1.54, 1.807) is 18.2 Å².